The Bertz CT molecular complexity index is 418. The largest absolute Gasteiger partial charge is 0.492 e. The number of hydrogen-bond donors (Lipinski definition) is 1. The van der Waals surface area contributed by atoms with Crippen molar-refractivity contribution in [2.24, 2.45) is 0 Å². The lowest BCUT2D eigenvalue weighted by molar-refractivity contribution is -0.156. The van der Waals surface area contributed by atoms with E-state index in [1.54, 1.807) is 0 Å². The van der Waals surface area contributed by atoms with E-state index in [2.05, 4.69) is 4.90 Å². The fourth-order valence-electron chi connectivity index (χ4n) is 1.98. The van der Waals surface area contributed by atoms with Crippen LogP contribution in [0.4, 0.5) is 0 Å². The SMILES string of the molecule is Cc1ccc(OCCN2CCOC(C(=O)O)C2)cc1. The van der Waals surface area contributed by atoms with Gasteiger partial charge in [0.2, 0.25) is 0 Å². The highest BCUT2D eigenvalue weighted by molar-refractivity contribution is 5.72. The Balaban J connectivity index is 1.73. The summed E-state index contributed by atoms with van der Waals surface area (Å²) >= 11 is 0. The highest BCUT2D eigenvalue weighted by Crippen LogP contribution is 2.11. The Labute approximate surface area is 112 Å². The average molecular weight is 265 g/mol. The van der Waals surface area contributed by atoms with Crippen molar-refractivity contribution >= 4 is 5.97 Å². The molecule has 0 saturated carbocycles. The van der Waals surface area contributed by atoms with Gasteiger partial charge in [-0.3, -0.25) is 4.90 Å². The topological polar surface area (TPSA) is 59.0 Å². The molecule has 1 saturated heterocycles. The van der Waals surface area contributed by atoms with Gasteiger partial charge in [0.25, 0.3) is 0 Å². The van der Waals surface area contributed by atoms with Gasteiger partial charge in [0.1, 0.15) is 12.4 Å². The van der Waals surface area contributed by atoms with E-state index in [9.17, 15) is 4.79 Å². The van der Waals surface area contributed by atoms with E-state index in [0.29, 0.717) is 26.3 Å². The molecule has 1 unspecified atom stereocenters. The van der Waals surface area contributed by atoms with Crippen molar-refractivity contribution in [2.45, 2.75) is 13.0 Å². The van der Waals surface area contributed by atoms with Gasteiger partial charge < -0.3 is 14.6 Å². The molecule has 1 fully saturated rings. The lowest BCUT2D eigenvalue weighted by Crippen LogP contribution is -2.47. The molecule has 0 aliphatic carbocycles. The maximum atomic E-state index is 10.8. The summed E-state index contributed by atoms with van der Waals surface area (Å²) < 4.78 is 10.8. The molecule has 19 heavy (non-hydrogen) atoms. The second-order valence-electron chi connectivity index (χ2n) is 4.66. The van der Waals surface area contributed by atoms with Gasteiger partial charge in [-0.05, 0) is 19.1 Å². The molecule has 2 rings (SSSR count). The van der Waals surface area contributed by atoms with E-state index in [0.717, 1.165) is 12.3 Å². The summed E-state index contributed by atoms with van der Waals surface area (Å²) in [6, 6.07) is 7.89. The number of nitrogens with zero attached hydrogens (tertiary/aromatic N) is 1. The zero-order chi connectivity index (χ0) is 13.7. The van der Waals surface area contributed by atoms with Crippen LogP contribution in [0.15, 0.2) is 24.3 Å². The molecular weight excluding hydrogens is 246 g/mol. The van der Waals surface area contributed by atoms with Gasteiger partial charge in [0.05, 0.1) is 6.61 Å². The van der Waals surface area contributed by atoms with Crippen molar-refractivity contribution in [3.63, 3.8) is 0 Å². The van der Waals surface area contributed by atoms with E-state index >= 15 is 0 Å². The first-order valence-corrected chi connectivity index (χ1v) is 6.41. The van der Waals surface area contributed by atoms with Gasteiger partial charge in [-0.25, -0.2) is 4.79 Å². The zero-order valence-corrected chi connectivity index (χ0v) is 11.0. The number of carboxylic acid groups (broad SMARTS) is 1. The zero-order valence-electron chi connectivity index (χ0n) is 11.0. The van der Waals surface area contributed by atoms with Crippen molar-refractivity contribution in [3.05, 3.63) is 29.8 Å². The summed E-state index contributed by atoms with van der Waals surface area (Å²) in [5.74, 6) is -0.0576. The van der Waals surface area contributed by atoms with Crippen molar-refractivity contribution < 1.29 is 19.4 Å². The number of carbonyl (C=O) groups is 1. The maximum Gasteiger partial charge on any atom is 0.334 e. The Morgan fingerprint density at radius 1 is 1.47 bits per heavy atom. The number of hydrogen-bond acceptors (Lipinski definition) is 4. The summed E-state index contributed by atoms with van der Waals surface area (Å²) in [5.41, 5.74) is 1.20. The van der Waals surface area contributed by atoms with Crippen molar-refractivity contribution in [2.75, 3.05) is 32.8 Å². The van der Waals surface area contributed by atoms with Crippen LogP contribution < -0.4 is 4.74 Å². The fourth-order valence-corrected chi connectivity index (χ4v) is 1.98. The number of ether oxygens (including phenoxy) is 2. The van der Waals surface area contributed by atoms with Crippen LogP contribution in [0, 0.1) is 6.92 Å². The summed E-state index contributed by atoms with van der Waals surface area (Å²) in [7, 11) is 0. The summed E-state index contributed by atoms with van der Waals surface area (Å²) in [4.78, 5) is 12.9. The molecule has 1 atom stereocenters. The van der Waals surface area contributed by atoms with Crippen LogP contribution in [0.2, 0.25) is 0 Å². The van der Waals surface area contributed by atoms with Gasteiger partial charge in [-0.15, -0.1) is 0 Å². The van der Waals surface area contributed by atoms with Crippen molar-refractivity contribution in [1.82, 2.24) is 4.90 Å². The fraction of sp³-hybridized carbons (Fsp3) is 0.500. The molecule has 0 amide bonds. The smallest absolute Gasteiger partial charge is 0.334 e. The molecule has 1 aromatic carbocycles. The number of rotatable bonds is 5. The van der Waals surface area contributed by atoms with E-state index < -0.39 is 12.1 Å². The minimum Gasteiger partial charge on any atom is -0.492 e. The maximum absolute atomic E-state index is 10.8. The van der Waals surface area contributed by atoms with E-state index in [-0.39, 0.29) is 0 Å². The number of carboxylic acids is 1. The molecule has 1 heterocycles. The summed E-state index contributed by atoms with van der Waals surface area (Å²) in [6.07, 6.45) is -0.715. The molecule has 5 heteroatoms. The molecule has 1 aliphatic rings. The minimum absolute atomic E-state index is 0.423. The highest BCUT2D eigenvalue weighted by atomic mass is 16.5. The van der Waals surface area contributed by atoms with Gasteiger partial charge in [-0.1, -0.05) is 17.7 Å². The van der Waals surface area contributed by atoms with Crippen LogP contribution in [0.25, 0.3) is 0 Å². The molecular formula is C14H19NO4. The predicted molar refractivity (Wildman–Crippen MR) is 70.5 cm³/mol. The van der Waals surface area contributed by atoms with Gasteiger partial charge >= 0.3 is 5.97 Å². The molecule has 1 aliphatic heterocycles. The molecule has 0 radical (unpaired) electrons. The third-order valence-corrected chi connectivity index (χ3v) is 3.12. The molecule has 1 N–H and O–H groups in total. The Morgan fingerprint density at radius 2 is 2.21 bits per heavy atom. The van der Waals surface area contributed by atoms with Crippen LogP contribution in [0.1, 0.15) is 5.56 Å². The number of benzene rings is 1. The monoisotopic (exact) mass is 265 g/mol. The van der Waals surface area contributed by atoms with Crippen LogP contribution >= 0.6 is 0 Å². The van der Waals surface area contributed by atoms with Crippen LogP contribution in [0.3, 0.4) is 0 Å². The number of aliphatic carboxylic acids is 1. The summed E-state index contributed by atoms with van der Waals surface area (Å²) in [6.45, 7) is 4.93. The van der Waals surface area contributed by atoms with Crippen LogP contribution in [0.5, 0.6) is 5.75 Å². The average Bonchev–Trinajstić information content (AvgIpc) is 2.41. The second kappa shape index (κ2) is 6.54. The molecule has 104 valence electrons. The Hall–Kier alpha value is -1.59. The molecule has 5 nitrogen and oxygen atoms in total. The third kappa shape index (κ3) is 4.22. The number of aryl methyl sites for hydroxylation is 1. The first kappa shape index (κ1) is 13.8. The molecule has 0 aromatic heterocycles. The lowest BCUT2D eigenvalue weighted by Gasteiger charge is -2.30. The molecule has 0 spiro atoms. The molecule has 1 aromatic rings. The van der Waals surface area contributed by atoms with E-state index in [4.69, 9.17) is 14.6 Å². The van der Waals surface area contributed by atoms with Gasteiger partial charge in [-0.2, -0.15) is 0 Å². The number of morpholine rings is 1. The first-order valence-electron chi connectivity index (χ1n) is 6.41. The lowest BCUT2D eigenvalue weighted by atomic mass is 10.2. The van der Waals surface area contributed by atoms with Crippen molar-refractivity contribution in [3.8, 4) is 5.75 Å². The Kier molecular flexibility index (Phi) is 4.76. The van der Waals surface area contributed by atoms with E-state index in [1.165, 1.54) is 5.56 Å². The van der Waals surface area contributed by atoms with E-state index in [1.807, 2.05) is 31.2 Å². The van der Waals surface area contributed by atoms with Crippen LogP contribution in [-0.2, 0) is 9.53 Å². The normalized spacial score (nSPS) is 20.2. The Morgan fingerprint density at radius 3 is 2.89 bits per heavy atom. The van der Waals surface area contributed by atoms with Gasteiger partial charge in [0.15, 0.2) is 6.10 Å². The highest BCUT2D eigenvalue weighted by Gasteiger charge is 2.25. The predicted octanol–water partition coefficient (Wildman–Crippen LogP) is 1.16. The summed E-state index contributed by atoms with van der Waals surface area (Å²) in [5, 5.41) is 8.90. The van der Waals surface area contributed by atoms with Crippen LogP contribution in [-0.4, -0.2) is 54.9 Å². The third-order valence-electron chi connectivity index (χ3n) is 3.12. The van der Waals surface area contributed by atoms with Gasteiger partial charge in [0, 0.05) is 19.6 Å². The van der Waals surface area contributed by atoms with Crippen molar-refractivity contribution in [1.29, 1.82) is 0 Å². The molecule has 0 bridgehead atoms. The first-order chi connectivity index (χ1) is 9.15. The minimum atomic E-state index is -0.899. The second-order valence-corrected chi connectivity index (χ2v) is 4.66. The quantitative estimate of drug-likeness (QED) is 0.865. The standard InChI is InChI=1S/C14H19NO4/c1-11-2-4-12(5-3-11)18-8-6-15-7-9-19-13(10-15)14(16)17/h2-5,13H,6-10H2,1H3,(H,16,17).